The first-order valence-electron chi connectivity index (χ1n) is 10.5. The Balaban J connectivity index is 1.53. The quantitative estimate of drug-likeness (QED) is 0.714. The van der Waals surface area contributed by atoms with Crippen molar-refractivity contribution in [1.82, 2.24) is 10.2 Å². The Kier molecular flexibility index (Phi) is 6.24. The normalized spacial score (nSPS) is 24.9. The van der Waals surface area contributed by atoms with Crippen LogP contribution in [0.2, 0.25) is 0 Å². The van der Waals surface area contributed by atoms with Gasteiger partial charge < -0.3 is 20.3 Å². The second-order valence-corrected chi connectivity index (χ2v) is 9.13. The number of aromatic hydroxyl groups is 2. The first-order chi connectivity index (χ1) is 13.6. The molecule has 2 aliphatic rings. The van der Waals surface area contributed by atoms with Gasteiger partial charge in [0, 0.05) is 18.7 Å². The summed E-state index contributed by atoms with van der Waals surface area (Å²) in [6, 6.07) is 4.33. The number of ether oxygens (including phenoxy) is 1. The van der Waals surface area contributed by atoms with Gasteiger partial charge in [0.25, 0.3) is 0 Å². The van der Waals surface area contributed by atoms with Crippen LogP contribution in [0.15, 0.2) is 18.2 Å². The zero-order valence-electron chi connectivity index (χ0n) is 17.5. The van der Waals surface area contributed by atoms with E-state index in [1.807, 2.05) is 20.8 Å². The zero-order chi connectivity index (χ0) is 21.2. The van der Waals surface area contributed by atoms with Gasteiger partial charge in [-0.15, -0.1) is 0 Å². The van der Waals surface area contributed by atoms with Crippen LogP contribution in [-0.2, 0) is 9.53 Å². The standard InChI is InChI=1S/C22H32N2O5/c1-22(2,3)29-21(28)24-12-4-5-18(24)20(27)23-15-8-6-14(7-9-15)17-11-10-16(25)13-19(17)26/h10-11,13-15,18,25-26H,4-9,12H2,1-3H3,(H,23,27). The van der Waals surface area contributed by atoms with Gasteiger partial charge in [-0.3, -0.25) is 9.69 Å². The van der Waals surface area contributed by atoms with Crippen molar-refractivity contribution >= 4 is 12.0 Å². The van der Waals surface area contributed by atoms with Crippen molar-refractivity contribution in [3.63, 3.8) is 0 Å². The molecule has 1 saturated carbocycles. The molecule has 1 aliphatic heterocycles. The summed E-state index contributed by atoms with van der Waals surface area (Å²) in [5.74, 6) is 0.285. The number of likely N-dealkylation sites (tertiary alicyclic amines) is 1. The number of carbonyl (C=O) groups excluding carboxylic acids is 2. The van der Waals surface area contributed by atoms with Crippen LogP contribution in [0, 0.1) is 0 Å². The number of benzene rings is 1. The van der Waals surface area contributed by atoms with Gasteiger partial charge in [-0.25, -0.2) is 4.79 Å². The number of nitrogens with zero attached hydrogens (tertiary/aromatic N) is 1. The van der Waals surface area contributed by atoms with Crippen molar-refractivity contribution in [1.29, 1.82) is 0 Å². The number of rotatable bonds is 3. The van der Waals surface area contributed by atoms with Crippen LogP contribution in [0.4, 0.5) is 4.79 Å². The van der Waals surface area contributed by atoms with Crippen molar-refractivity contribution in [2.75, 3.05) is 6.54 Å². The SMILES string of the molecule is CC(C)(C)OC(=O)N1CCCC1C(=O)NC1CCC(c2ccc(O)cc2O)CC1. The van der Waals surface area contributed by atoms with Gasteiger partial charge in [0.2, 0.25) is 5.91 Å². The van der Waals surface area contributed by atoms with Gasteiger partial charge in [-0.2, -0.15) is 0 Å². The molecule has 7 heteroatoms. The average molecular weight is 405 g/mol. The maximum absolute atomic E-state index is 12.8. The molecule has 2 amide bonds. The molecule has 1 heterocycles. The average Bonchev–Trinajstić information content (AvgIpc) is 3.11. The summed E-state index contributed by atoms with van der Waals surface area (Å²) in [6.45, 7) is 6.00. The van der Waals surface area contributed by atoms with E-state index >= 15 is 0 Å². The smallest absolute Gasteiger partial charge is 0.410 e. The second kappa shape index (κ2) is 8.51. The van der Waals surface area contributed by atoms with E-state index in [4.69, 9.17) is 4.74 Å². The number of nitrogens with one attached hydrogen (secondary N) is 1. The van der Waals surface area contributed by atoms with Crippen LogP contribution >= 0.6 is 0 Å². The Labute approximate surface area is 172 Å². The fraction of sp³-hybridized carbons (Fsp3) is 0.636. The predicted octanol–water partition coefficient (Wildman–Crippen LogP) is 3.64. The number of phenols is 2. The number of hydrogen-bond acceptors (Lipinski definition) is 5. The lowest BCUT2D eigenvalue weighted by molar-refractivity contribution is -0.126. The maximum atomic E-state index is 12.8. The summed E-state index contributed by atoms with van der Waals surface area (Å²) >= 11 is 0. The number of amides is 2. The Bertz CT molecular complexity index is 750. The van der Waals surface area contributed by atoms with Gasteiger partial charge in [0.15, 0.2) is 0 Å². The van der Waals surface area contributed by atoms with Crippen LogP contribution in [0.25, 0.3) is 0 Å². The van der Waals surface area contributed by atoms with Crippen LogP contribution in [0.1, 0.15) is 70.8 Å². The molecular formula is C22H32N2O5. The highest BCUT2D eigenvalue weighted by Gasteiger charge is 2.37. The van der Waals surface area contributed by atoms with Gasteiger partial charge >= 0.3 is 6.09 Å². The minimum absolute atomic E-state index is 0.0540. The third kappa shape index (κ3) is 5.34. The fourth-order valence-electron chi connectivity index (χ4n) is 4.30. The zero-order valence-corrected chi connectivity index (χ0v) is 17.5. The van der Waals surface area contributed by atoms with Gasteiger partial charge in [0.1, 0.15) is 23.1 Å². The summed E-state index contributed by atoms with van der Waals surface area (Å²) in [5, 5.41) is 22.7. The minimum atomic E-state index is -0.584. The molecule has 7 nitrogen and oxygen atoms in total. The van der Waals surface area contributed by atoms with Crippen molar-refractivity contribution in [2.24, 2.45) is 0 Å². The number of phenolic OH excluding ortho intramolecular Hbond substituents is 2. The molecule has 1 unspecified atom stereocenters. The molecule has 1 saturated heterocycles. The van der Waals surface area contributed by atoms with E-state index in [9.17, 15) is 19.8 Å². The highest BCUT2D eigenvalue weighted by atomic mass is 16.6. The highest BCUT2D eigenvalue weighted by Crippen LogP contribution is 2.38. The summed E-state index contributed by atoms with van der Waals surface area (Å²) in [7, 11) is 0. The monoisotopic (exact) mass is 404 g/mol. The minimum Gasteiger partial charge on any atom is -0.508 e. The van der Waals surface area contributed by atoms with E-state index in [-0.39, 0.29) is 29.4 Å². The third-order valence-electron chi connectivity index (χ3n) is 5.71. The van der Waals surface area contributed by atoms with E-state index in [1.54, 1.807) is 17.0 Å². The second-order valence-electron chi connectivity index (χ2n) is 9.13. The summed E-state index contributed by atoms with van der Waals surface area (Å²) in [5.41, 5.74) is 0.262. The number of carbonyl (C=O) groups is 2. The molecule has 0 spiro atoms. The molecule has 1 aromatic carbocycles. The predicted molar refractivity (Wildman–Crippen MR) is 109 cm³/mol. The van der Waals surface area contributed by atoms with E-state index in [0.29, 0.717) is 13.0 Å². The Hall–Kier alpha value is -2.44. The van der Waals surface area contributed by atoms with E-state index in [2.05, 4.69) is 5.32 Å². The lowest BCUT2D eigenvalue weighted by Crippen LogP contribution is -2.50. The molecule has 1 atom stereocenters. The molecule has 29 heavy (non-hydrogen) atoms. The van der Waals surface area contributed by atoms with E-state index in [0.717, 1.165) is 37.7 Å². The Morgan fingerprint density at radius 1 is 1.10 bits per heavy atom. The van der Waals surface area contributed by atoms with Crippen LogP contribution in [0.5, 0.6) is 11.5 Å². The molecule has 160 valence electrons. The first-order valence-corrected chi connectivity index (χ1v) is 10.5. The van der Waals surface area contributed by atoms with Crippen LogP contribution in [-0.4, -0.2) is 51.3 Å². The maximum Gasteiger partial charge on any atom is 0.410 e. The number of hydrogen-bond donors (Lipinski definition) is 3. The first kappa shape index (κ1) is 21.3. The molecular weight excluding hydrogens is 372 g/mol. The largest absolute Gasteiger partial charge is 0.508 e. The molecule has 3 N–H and O–H groups in total. The third-order valence-corrected chi connectivity index (χ3v) is 5.71. The molecule has 2 fully saturated rings. The summed E-state index contributed by atoms with van der Waals surface area (Å²) in [4.78, 5) is 26.8. The lowest BCUT2D eigenvalue weighted by atomic mass is 9.81. The molecule has 1 aliphatic carbocycles. The molecule has 3 rings (SSSR count). The van der Waals surface area contributed by atoms with E-state index < -0.39 is 17.7 Å². The van der Waals surface area contributed by atoms with Crippen molar-refractivity contribution in [3.8, 4) is 11.5 Å². The molecule has 0 radical (unpaired) electrons. The molecule has 1 aromatic rings. The molecule has 0 bridgehead atoms. The van der Waals surface area contributed by atoms with Crippen molar-refractivity contribution in [3.05, 3.63) is 23.8 Å². The van der Waals surface area contributed by atoms with Gasteiger partial charge in [0.05, 0.1) is 0 Å². The van der Waals surface area contributed by atoms with Crippen molar-refractivity contribution in [2.45, 2.75) is 82.9 Å². The Morgan fingerprint density at radius 3 is 2.41 bits per heavy atom. The van der Waals surface area contributed by atoms with Crippen molar-refractivity contribution < 1.29 is 24.5 Å². The summed E-state index contributed by atoms with van der Waals surface area (Å²) in [6.07, 6.45) is 4.35. The highest BCUT2D eigenvalue weighted by molar-refractivity contribution is 5.86. The summed E-state index contributed by atoms with van der Waals surface area (Å²) < 4.78 is 5.44. The van der Waals surface area contributed by atoms with E-state index in [1.165, 1.54) is 6.07 Å². The van der Waals surface area contributed by atoms with Gasteiger partial charge in [-0.05, 0) is 76.8 Å². The lowest BCUT2D eigenvalue weighted by Gasteiger charge is -2.32. The van der Waals surface area contributed by atoms with Crippen LogP contribution < -0.4 is 5.32 Å². The Morgan fingerprint density at radius 2 is 1.79 bits per heavy atom. The topological polar surface area (TPSA) is 99.1 Å². The van der Waals surface area contributed by atoms with Crippen LogP contribution in [0.3, 0.4) is 0 Å². The molecule has 0 aromatic heterocycles. The van der Waals surface area contributed by atoms with Gasteiger partial charge in [-0.1, -0.05) is 6.07 Å². The fourth-order valence-corrected chi connectivity index (χ4v) is 4.30.